The molecule has 0 bridgehead atoms. The molecule has 1 saturated carbocycles. The number of amidine groups is 1. The van der Waals surface area contributed by atoms with Gasteiger partial charge < -0.3 is 10.1 Å². The molecule has 1 fully saturated rings. The molecule has 1 N–H and O–H groups in total. The molecule has 0 spiro atoms. The molecule has 4 heteroatoms. The van der Waals surface area contributed by atoms with Crippen molar-refractivity contribution in [3.8, 4) is 0 Å². The standard InChI is InChI=1S/C10H18N2OS/c1-10(2)7(6-8(10)13-3)12-9-11-4-5-14-9/h7-8H,4-6H2,1-3H3,(H,11,12). The van der Waals surface area contributed by atoms with Gasteiger partial charge in [-0.25, -0.2) is 0 Å². The minimum Gasteiger partial charge on any atom is -0.381 e. The fourth-order valence-electron chi connectivity index (χ4n) is 2.10. The molecule has 2 aliphatic rings. The monoisotopic (exact) mass is 214 g/mol. The molecule has 14 heavy (non-hydrogen) atoms. The second-order valence-electron chi connectivity index (χ2n) is 4.51. The summed E-state index contributed by atoms with van der Waals surface area (Å²) in [7, 11) is 1.80. The van der Waals surface area contributed by atoms with Gasteiger partial charge in [0.25, 0.3) is 0 Å². The van der Waals surface area contributed by atoms with E-state index in [0.717, 1.165) is 23.9 Å². The normalized spacial score (nSPS) is 34.9. The number of thioether (sulfide) groups is 1. The third-order valence-electron chi connectivity index (χ3n) is 3.35. The maximum Gasteiger partial charge on any atom is 0.156 e. The summed E-state index contributed by atoms with van der Waals surface area (Å²) in [6, 6.07) is 0.525. The van der Waals surface area contributed by atoms with Crippen molar-refractivity contribution in [3.63, 3.8) is 0 Å². The van der Waals surface area contributed by atoms with E-state index in [1.807, 2.05) is 11.8 Å². The van der Waals surface area contributed by atoms with E-state index in [1.54, 1.807) is 7.11 Å². The lowest BCUT2D eigenvalue weighted by Gasteiger charge is -2.51. The fourth-order valence-corrected chi connectivity index (χ4v) is 2.89. The maximum absolute atomic E-state index is 5.41. The SMILES string of the molecule is COC1CC(NC2=NCCS2)C1(C)C. The van der Waals surface area contributed by atoms with Crippen molar-refractivity contribution in [2.75, 3.05) is 19.4 Å². The van der Waals surface area contributed by atoms with Crippen LogP contribution in [0.25, 0.3) is 0 Å². The van der Waals surface area contributed by atoms with Gasteiger partial charge in [0.1, 0.15) is 0 Å². The number of nitrogens with one attached hydrogen (secondary N) is 1. The van der Waals surface area contributed by atoms with Gasteiger partial charge in [0, 0.05) is 24.3 Å². The van der Waals surface area contributed by atoms with Crippen LogP contribution in [-0.4, -0.2) is 36.7 Å². The van der Waals surface area contributed by atoms with Crippen LogP contribution >= 0.6 is 11.8 Å². The van der Waals surface area contributed by atoms with Crippen LogP contribution in [0.5, 0.6) is 0 Å². The maximum atomic E-state index is 5.41. The number of aliphatic imine (C=N–C) groups is 1. The smallest absolute Gasteiger partial charge is 0.156 e. The van der Waals surface area contributed by atoms with Crippen molar-refractivity contribution < 1.29 is 4.74 Å². The van der Waals surface area contributed by atoms with E-state index in [1.165, 1.54) is 0 Å². The van der Waals surface area contributed by atoms with Crippen LogP contribution in [0.1, 0.15) is 20.3 Å². The first-order valence-corrected chi connectivity index (χ1v) is 6.09. The Morgan fingerprint density at radius 2 is 2.36 bits per heavy atom. The summed E-state index contributed by atoms with van der Waals surface area (Å²) in [4.78, 5) is 4.40. The average molecular weight is 214 g/mol. The van der Waals surface area contributed by atoms with E-state index in [2.05, 4.69) is 24.2 Å². The lowest BCUT2D eigenvalue weighted by Crippen LogP contribution is -2.61. The van der Waals surface area contributed by atoms with Crippen molar-refractivity contribution in [3.05, 3.63) is 0 Å². The molecule has 0 saturated heterocycles. The Hall–Kier alpha value is -0.220. The second kappa shape index (κ2) is 3.74. The highest BCUT2D eigenvalue weighted by Gasteiger charge is 2.49. The van der Waals surface area contributed by atoms with Gasteiger partial charge in [0.05, 0.1) is 12.6 Å². The number of ether oxygens (including phenoxy) is 1. The first-order chi connectivity index (χ1) is 6.64. The van der Waals surface area contributed by atoms with Gasteiger partial charge in [-0.05, 0) is 6.42 Å². The van der Waals surface area contributed by atoms with Crippen LogP contribution in [0.2, 0.25) is 0 Å². The minimum absolute atomic E-state index is 0.237. The van der Waals surface area contributed by atoms with Crippen molar-refractivity contribution in [2.45, 2.75) is 32.4 Å². The first-order valence-electron chi connectivity index (χ1n) is 5.11. The van der Waals surface area contributed by atoms with E-state index in [4.69, 9.17) is 4.74 Å². The molecule has 2 unspecified atom stereocenters. The van der Waals surface area contributed by atoms with Crippen molar-refractivity contribution in [1.29, 1.82) is 0 Å². The number of nitrogens with zero attached hydrogens (tertiary/aromatic N) is 1. The topological polar surface area (TPSA) is 33.6 Å². The summed E-state index contributed by atoms with van der Waals surface area (Å²) in [5, 5.41) is 4.63. The Morgan fingerprint density at radius 3 is 2.86 bits per heavy atom. The van der Waals surface area contributed by atoms with Crippen LogP contribution in [0.4, 0.5) is 0 Å². The molecule has 1 aliphatic heterocycles. The molecule has 3 nitrogen and oxygen atoms in total. The largest absolute Gasteiger partial charge is 0.381 e. The Kier molecular flexibility index (Phi) is 2.75. The Labute approximate surface area is 89.7 Å². The molecule has 0 aromatic heterocycles. The van der Waals surface area contributed by atoms with Gasteiger partial charge in [0.2, 0.25) is 0 Å². The third-order valence-corrected chi connectivity index (χ3v) is 4.25. The van der Waals surface area contributed by atoms with Gasteiger partial charge in [-0.3, -0.25) is 4.99 Å². The summed E-state index contributed by atoms with van der Waals surface area (Å²) >= 11 is 1.83. The van der Waals surface area contributed by atoms with Crippen molar-refractivity contribution >= 4 is 16.9 Å². The zero-order chi connectivity index (χ0) is 10.2. The van der Waals surface area contributed by atoms with Crippen LogP contribution < -0.4 is 5.32 Å². The third kappa shape index (κ3) is 1.65. The molecule has 0 aromatic carbocycles. The molecule has 0 aromatic rings. The summed E-state index contributed by atoms with van der Waals surface area (Å²) in [6.07, 6.45) is 1.50. The summed E-state index contributed by atoms with van der Waals surface area (Å²) in [5.41, 5.74) is 0.237. The highest BCUT2D eigenvalue weighted by atomic mass is 32.2. The van der Waals surface area contributed by atoms with Gasteiger partial charge in [-0.1, -0.05) is 25.6 Å². The molecular weight excluding hydrogens is 196 g/mol. The first kappa shape index (κ1) is 10.3. The van der Waals surface area contributed by atoms with Gasteiger partial charge in [-0.15, -0.1) is 0 Å². The van der Waals surface area contributed by atoms with Crippen molar-refractivity contribution in [1.82, 2.24) is 5.32 Å². The second-order valence-corrected chi connectivity index (χ2v) is 5.60. The zero-order valence-corrected chi connectivity index (χ0v) is 9.86. The van der Waals surface area contributed by atoms with Gasteiger partial charge in [0.15, 0.2) is 5.17 Å². The Bertz CT molecular complexity index is 253. The summed E-state index contributed by atoms with van der Waals surface area (Å²) in [6.45, 7) is 5.47. The minimum atomic E-state index is 0.237. The Balaban J connectivity index is 1.89. The lowest BCUT2D eigenvalue weighted by molar-refractivity contribution is -0.0917. The van der Waals surface area contributed by atoms with E-state index in [9.17, 15) is 0 Å². The van der Waals surface area contributed by atoms with E-state index in [-0.39, 0.29) is 5.41 Å². The molecule has 2 rings (SSSR count). The number of hydrogen-bond donors (Lipinski definition) is 1. The predicted octanol–water partition coefficient (Wildman–Crippen LogP) is 1.49. The fraction of sp³-hybridized carbons (Fsp3) is 0.900. The van der Waals surface area contributed by atoms with Crippen LogP contribution in [-0.2, 0) is 4.74 Å². The number of rotatable bonds is 2. The van der Waals surface area contributed by atoms with E-state index < -0.39 is 0 Å². The molecule has 2 atom stereocenters. The van der Waals surface area contributed by atoms with Crippen LogP contribution in [0.3, 0.4) is 0 Å². The van der Waals surface area contributed by atoms with Crippen LogP contribution in [0, 0.1) is 5.41 Å². The van der Waals surface area contributed by atoms with E-state index in [0.29, 0.717) is 12.1 Å². The Morgan fingerprint density at radius 1 is 1.57 bits per heavy atom. The molecule has 1 heterocycles. The zero-order valence-electron chi connectivity index (χ0n) is 9.04. The highest BCUT2D eigenvalue weighted by molar-refractivity contribution is 8.14. The quantitative estimate of drug-likeness (QED) is 0.756. The van der Waals surface area contributed by atoms with Gasteiger partial charge in [-0.2, -0.15) is 0 Å². The van der Waals surface area contributed by atoms with E-state index >= 15 is 0 Å². The molecule has 0 radical (unpaired) electrons. The summed E-state index contributed by atoms with van der Waals surface area (Å²) in [5.74, 6) is 1.13. The van der Waals surface area contributed by atoms with Crippen molar-refractivity contribution in [2.24, 2.45) is 10.4 Å². The average Bonchev–Trinajstić information content (AvgIpc) is 2.64. The summed E-state index contributed by atoms with van der Waals surface area (Å²) < 4.78 is 5.41. The molecule has 80 valence electrons. The number of hydrogen-bond acceptors (Lipinski definition) is 4. The number of methoxy groups -OCH3 is 1. The predicted molar refractivity (Wildman–Crippen MR) is 60.9 cm³/mol. The highest BCUT2D eigenvalue weighted by Crippen LogP contribution is 2.42. The lowest BCUT2D eigenvalue weighted by atomic mass is 9.64. The molecule has 1 aliphatic carbocycles. The van der Waals surface area contributed by atoms with Crippen LogP contribution in [0.15, 0.2) is 4.99 Å². The molecular formula is C10H18N2OS. The van der Waals surface area contributed by atoms with Gasteiger partial charge >= 0.3 is 0 Å². The molecule has 0 amide bonds.